The smallest absolute Gasteiger partial charge is 0.337 e. The quantitative estimate of drug-likeness (QED) is 0.131. The standard InChI is InChI=1S/C29H21F4N7O3/c1-3-25(41)40(43-27(42)29(31,32)33)21-10-11-23(30)24(13-21)37-26-22(19-9-8-17-6-4-5-7-18(17)12-19)15-34-28(38-26)36-20-14-35-39(2)16-20/h3-16H,1H2,2H3,(H2,34,36,37,38). The summed E-state index contributed by atoms with van der Waals surface area (Å²) in [5.41, 5.74) is 1.02. The first-order chi connectivity index (χ1) is 20.5. The van der Waals surface area contributed by atoms with Gasteiger partial charge in [-0.25, -0.2) is 14.2 Å². The first kappa shape index (κ1) is 28.7. The van der Waals surface area contributed by atoms with Gasteiger partial charge in [0.1, 0.15) is 11.6 Å². The molecular formula is C29H21F4N7O3. The van der Waals surface area contributed by atoms with Crippen molar-refractivity contribution < 1.29 is 32.0 Å². The van der Waals surface area contributed by atoms with Gasteiger partial charge < -0.3 is 15.5 Å². The Morgan fingerprint density at radius 2 is 1.79 bits per heavy atom. The molecule has 0 spiro atoms. The zero-order valence-corrected chi connectivity index (χ0v) is 22.3. The maximum atomic E-state index is 15.1. The molecule has 0 unspecified atom stereocenters. The predicted molar refractivity (Wildman–Crippen MR) is 151 cm³/mol. The van der Waals surface area contributed by atoms with E-state index in [4.69, 9.17) is 0 Å². The molecule has 0 atom stereocenters. The van der Waals surface area contributed by atoms with Gasteiger partial charge in [0, 0.05) is 25.0 Å². The highest BCUT2D eigenvalue weighted by molar-refractivity contribution is 6.01. The van der Waals surface area contributed by atoms with Gasteiger partial charge in [-0.05, 0) is 46.7 Å². The number of fused-ring (bicyclic) bond motifs is 1. The Morgan fingerprint density at radius 1 is 1.02 bits per heavy atom. The van der Waals surface area contributed by atoms with Crippen LogP contribution in [0.25, 0.3) is 21.9 Å². The molecule has 0 radical (unpaired) electrons. The topological polar surface area (TPSA) is 114 Å². The number of nitrogens with one attached hydrogen (secondary N) is 2. The molecule has 5 aromatic rings. The number of aromatic nitrogens is 4. The van der Waals surface area contributed by atoms with Crippen LogP contribution in [0, 0.1) is 5.82 Å². The molecule has 43 heavy (non-hydrogen) atoms. The molecule has 0 aliphatic rings. The molecule has 0 aliphatic heterocycles. The van der Waals surface area contributed by atoms with E-state index >= 15 is 4.39 Å². The average molecular weight is 592 g/mol. The largest absolute Gasteiger partial charge is 0.493 e. The number of hydrogen-bond donors (Lipinski definition) is 2. The number of hydroxylamine groups is 1. The van der Waals surface area contributed by atoms with Crippen molar-refractivity contribution in [2.75, 3.05) is 15.7 Å². The maximum Gasteiger partial charge on any atom is 0.493 e. The Balaban J connectivity index is 1.57. The third-order valence-corrected chi connectivity index (χ3v) is 6.03. The van der Waals surface area contributed by atoms with E-state index in [9.17, 15) is 22.8 Å². The van der Waals surface area contributed by atoms with E-state index < -0.39 is 23.9 Å². The van der Waals surface area contributed by atoms with Crippen LogP contribution in [-0.4, -0.2) is 37.8 Å². The number of amides is 1. The normalized spacial score (nSPS) is 11.2. The highest BCUT2D eigenvalue weighted by Crippen LogP contribution is 2.34. The van der Waals surface area contributed by atoms with E-state index in [0.717, 1.165) is 29.0 Å². The summed E-state index contributed by atoms with van der Waals surface area (Å²) in [6.45, 7) is 3.21. The Kier molecular flexibility index (Phi) is 7.75. The molecule has 14 heteroatoms. The number of rotatable bonds is 7. The second-order valence-electron chi connectivity index (χ2n) is 9.05. The van der Waals surface area contributed by atoms with E-state index in [0.29, 0.717) is 22.9 Å². The van der Waals surface area contributed by atoms with Crippen LogP contribution in [0.3, 0.4) is 0 Å². The summed E-state index contributed by atoms with van der Waals surface area (Å²) in [4.78, 5) is 37.0. The molecule has 10 nitrogen and oxygen atoms in total. The fourth-order valence-corrected chi connectivity index (χ4v) is 4.03. The maximum absolute atomic E-state index is 15.1. The van der Waals surface area contributed by atoms with Gasteiger partial charge in [0.05, 0.1) is 23.3 Å². The lowest BCUT2D eigenvalue weighted by molar-refractivity contribution is -0.201. The molecule has 0 saturated carbocycles. The average Bonchev–Trinajstić information content (AvgIpc) is 3.40. The molecule has 2 heterocycles. The number of carbonyl (C=O) groups excluding carboxylic acids is 2. The number of carbonyl (C=O) groups is 2. The highest BCUT2D eigenvalue weighted by Gasteiger charge is 2.43. The molecule has 1 amide bonds. The number of halogens is 4. The molecule has 2 aromatic heterocycles. The van der Waals surface area contributed by atoms with Gasteiger partial charge in [0.15, 0.2) is 0 Å². The molecule has 0 saturated heterocycles. The van der Waals surface area contributed by atoms with Gasteiger partial charge in [0.25, 0.3) is 5.91 Å². The minimum Gasteiger partial charge on any atom is -0.337 e. The fraction of sp³-hybridized carbons (Fsp3) is 0.0690. The van der Waals surface area contributed by atoms with Crippen molar-refractivity contribution in [1.82, 2.24) is 19.7 Å². The molecule has 3 aromatic carbocycles. The molecule has 0 fully saturated rings. The van der Waals surface area contributed by atoms with Crippen LogP contribution in [0.15, 0.2) is 91.9 Å². The first-order valence-corrected chi connectivity index (χ1v) is 12.5. The van der Waals surface area contributed by atoms with E-state index in [1.165, 1.54) is 6.20 Å². The van der Waals surface area contributed by atoms with Crippen LogP contribution >= 0.6 is 0 Å². The fourth-order valence-electron chi connectivity index (χ4n) is 4.03. The molecule has 2 N–H and O–H groups in total. The summed E-state index contributed by atoms with van der Waals surface area (Å²) in [5.74, 6) is -4.46. The van der Waals surface area contributed by atoms with E-state index in [1.54, 1.807) is 24.1 Å². The van der Waals surface area contributed by atoms with Crippen LogP contribution in [0.2, 0.25) is 0 Å². The Bertz CT molecular complexity index is 1860. The number of hydrogen-bond acceptors (Lipinski definition) is 8. The molecular weight excluding hydrogens is 570 g/mol. The summed E-state index contributed by atoms with van der Waals surface area (Å²) in [5, 5.41) is 11.9. The number of anilines is 5. The van der Waals surface area contributed by atoms with Crippen molar-refractivity contribution >= 4 is 51.5 Å². The SMILES string of the molecule is C=CC(=O)N(OC(=O)C(F)(F)F)c1ccc(F)c(Nc2nc(Nc3cnn(C)c3)ncc2-c2ccc3ccccc3c2)c1. The van der Waals surface area contributed by atoms with Crippen molar-refractivity contribution in [1.29, 1.82) is 0 Å². The number of benzene rings is 3. The molecule has 0 aliphatic carbocycles. The van der Waals surface area contributed by atoms with E-state index in [-0.39, 0.29) is 28.2 Å². The lowest BCUT2D eigenvalue weighted by Crippen LogP contribution is -2.38. The minimum atomic E-state index is -5.39. The Morgan fingerprint density at radius 3 is 2.49 bits per heavy atom. The van der Waals surface area contributed by atoms with E-state index in [1.807, 2.05) is 42.5 Å². The molecule has 5 rings (SSSR count). The number of alkyl halides is 3. The second kappa shape index (κ2) is 11.6. The van der Waals surface area contributed by atoms with Crippen molar-refractivity contribution in [2.45, 2.75) is 6.18 Å². The third-order valence-electron chi connectivity index (χ3n) is 6.03. The van der Waals surface area contributed by atoms with Crippen molar-refractivity contribution in [3.05, 3.63) is 97.7 Å². The van der Waals surface area contributed by atoms with Crippen molar-refractivity contribution in [3.8, 4) is 11.1 Å². The van der Waals surface area contributed by atoms with Gasteiger partial charge >= 0.3 is 12.1 Å². The molecule has 0 bridgehead atoms. The highest BCUT2D eigenvalue weighted by atomic mass is 19.4. The van der Waals surface area contributed by atoms with Crippen LogP contribution in [0.5, 0.6) is 0 Å². The van der Waals surface area contributed by atoms with Crippen LogP contribution < -0.4 is 15.7 Å². The first-order valence-electron chi connectivity index (χ1n) is 12.5. The van der Waals surface area contributed by atoms with Gasteiger partial charge in [-0.1, -0.05) is 43.0 Å². The predicted octanol–water partition coefficient (Wildman–Crippen LogP) is 6.20. The zero-order valence-electron chi connectivity index (χ0n) is 22.3. The summed E-state index contributed by atoms with van der Waals surface area (Å²) in [7, 11) is 1.73. The second-order valence-corrected chi connectivity index (χ2v) is 9.05. The summed E-state index contributed by atoms with van der Waals surface area (Å²) >= 11 is 0. The van der Waals surface area contributed by atoms with Gasteiger partial charge in [-0.3, -0.25) is 9.48 Å². The van der Waals surface area contributed by atoms with Gasteiger partial charge in [-0.2, -0.15) is 23.3 Å². The summed E-state index contributed by atoms with van der Waals surface area (Å²) < 4.78 is 55.3. The van der Waals surface area contributed by atoms with Crippen LogP contribution in [0.4, 0.5) is 46.4 Å². The summed E-state index contributed by atoms with van der Waals surface area (Å²) in [6, 6.07) is 16.1. The molecule has 218 valence electrons. The van der Waals surface area contributed by atoms with Gasteiger partial charge in [0.2, 0.25) is 5.95 Å². The number of nitrogens with zero attached hydrogens (tertiary/aromatic N) is 5. The van der Waals surface area contributed by atoms with Crippen molar-refractivity contribution in [2.24, 2.45) is 7.05 Å². The van der Waals surface area contributed by atoms with Gasteiger partial charge in [-0.15, -0.1) is 5.06 Å². The van der Waals surface area contributed by atoms with E-state index in [2.05, 4.69) is 37.1 Å². The third kappa shape index (κ3) is 6.43. The zero-order chi connectivity index (χ0) is 30.7. The lowest BCUT2D eigenvalue weighted by atomic mass is 10.0. The van der Waals surface area contributed by atoms with Crippen LogP contribution in [0.1, 0.15) is 0 Å². The minimum absolute atomic E-state index is 0.0626. The summed E-state index contributed by atoms with van der Waals surface area (Å²) in [6.07, 6.45) is -0.0138. The Labute approximate surface area is 241 Å². The van der Waals surface area contributed by atoms with Crippen molar-refractivity contribution in [3.63, 3.8) is 0 Å². The Hall–Kier alpha value is -5.79. The lowest BCUT2D eigenvalue weighted by Gasteiger charge is -2.21. The number of aryl methyl sites for hydroxylation is 1. The monoisotopic (exact) mass is 591 g/mol. The van der Waals surface area contributed by atoms with Crippen LogP contribution in [-0.2, 0) is 21.5 Å².